The molecule has 1 fully saturated rings. The number of fused-ring (bicyclic) bond motifs is 2. The molecule has 4 aromatic rings. The molecule has 0 atom stereocenters. The van der Waals surface area contributed by atoms with Gasteiger partial charge in [0.25, 0.3) is 0 Å². The van der Waals surface area contributed by atoms with E-state index in [0.29, 0.717) is 11.6 Å². The number of rotatable bonds is 5. The molecule has 0 amide bonds. The minimum Gasteiger partial charge on any atom is -0.494 e. The molecule has 1 aliphatic rings. The van der Waals surface area contributed by atoms with Gasteiger partial charge in [0, 0.05) is 26.2 Å². The van der Waals surface area contributed by atoms with Crippen LogP contribution in [0.3, 0.4) is 0 Å². The molecule has 3 heterocycles. The van der Waals surface area contributed by atoms with Crippen molar-refractivity contribution in [1.82, 2.24) is 9.97 Å². The average Bonchev–Trinajstić information content (AvgIpc) is 3.39. The largest absolute Gasteiger partial charge is 0.494 e. The molecule has 0 saturated carbocycles. The van der Waals surface area contributed by atoms with Gasteiger partial charge in [-0.25, -0.2) is 9.97 Å². The first kappa shape index (κ1) is 19.7. The van der Waals surface area contributed by atoms with Crippen molar-refractivity contribution >= 4 is 65.0 Å². The van der Waals surface area contributed by atoms with Gasteiger partial charge in [0.05, 0.1) is 33.7 Å². The van der Waals surface area contributed by atoms with Gasteiger partial charge in [0.1, 0.15) is 17.0 Å². The van der Waals surface area contributed by atoms with E-state index in [0.717, 1.165) is 68.4 Å². The SMILES string of the molecule is CCOc1ccc2nc(N3CCN(c4nc5c(OC)ccc(Cl)c5s4)CC3)sc2c1. The van der Waals surface area contributed by atoms with Crippen LogP contribution in [0.25, 0.3) is 20.4 Å². The number of hydrogen-bond donors (Lipinski definition) is 0. The summed E-state index contributed by atoms with van der Waals surface area (Å²) in [5.41, 5.74) is 1.86. The first-order valence-electron chi connectivity index (χ1n) is 9.82. The normalized spacial score (nSPS) is 14.6. The van der Waals surface area contributed by atoms with Crippen LogP contribution in [-0.2, 0) is 0 Å². The predicted octanol–water partition coefficient (Wildman–Crippen LogP) is 5.29. The third-order valence-corrected chi connectivity index (χ3v) is 7.80. The summed E-state index contributed by atoms with van der Waals surface area (Å²) in [4.78, 5) is 14.3. The Morgan fingerprint density at radius 2 is 1.73 bits per heavy atom. The summed E-state index contributed by atoms with van der Waals surface area (Å²) in [6.45, 7) is 6.25. The third kappa shape index (κ3) is 3.53. The number of piperazine rings is 1. The molecule has 9 heteroatoms. The maximum atomic E-state index is 6.38. The third-order valence-electron chi connectivity index (χ3n) is 5.15. The van der Waals surface area contributed by atoms with Gasteiger partial charge in [0.2, 0.25) is 0 Å². The summed E-state index contributed by atoms with van der Waals surface area (Å²) < 4.78 is 13.2. The van der Waals surface area contributed by atoms with Crippen LogP contribution >= 0.6 is 34.3 Å². The fourth-order valence-corrected chi connectivity index (χ4v) is 5.97. The molecule has 0 aliphatic carbocycles. The molecule has 1 saturated heterocycles. The molecule has 2 aromatic carbocycles. The fourth-order valence-electron chi connectivity index (χ4n) is 3.61. The van der Waals surface area contributed by atoms with Gasteiger partial charge in [-0.2, -0.15) is 0 Å². The van der Waals surface area contributed by atoms with E-state index in [1.807, 2.05) is 31.2 Å². The van der Waals surface area contributed by atoms with E-state index in [2.05, 4.69) is 15.9 Å². The van der Waals surface area contributed by atoms with Crippen LogP contribution in [-0.4, -0.2) is 49.9 Å². The molecule has 0 unspecified atom stereocenters. The zero-order valence-electron chi connectivity index (χ0n) is 16.7. The first-order valence-corrected chi connectivity index (χ1v) is 11.8. The van der Waals surface area contributed by atoms with Crippen LogP contribution in [0.15, 0.2) is 30.3 Å². The number of ether oxygens (including phenoxy) is 2. The maximum Gasteiger partial charge on any atom is 0.186 e. The van der Waals surface area contributed by atoms with E-state index in [9.17, 15) is 0 Å². The standard InChI is InChI=1S/C21H21ClN4O2S2/c1-3-28-13-4-6-15-17(12-13)29-20(23-15)25-8-10-26(11-9-25)21-24-18-16(27-2)7-5-14(22)19(18)30-21/h4-7,12H,3,8-11H2,1-2H3. The Hall–Kier alpha value is -2.29. The lowest BCUT2D eigenvalue weighted by molar-refractivity contribution is 0.341. The van der Waals surface area contributed by atoms with Crippen LogP contribution in [0.1, 0.15) is 6.92 Å². The average molecular weight is 461 g/mol. The highest BCUT2D eigenvalue weighted by molar-refractivity contribution is 7.23. The van der Waals surface area contributed by atoms with Gasteiger partial charge in [-0.3, -0.25) is 0 Å². The van der Waals surface area contributed by atoms with Crippen LogP contribution < -0.4 is 19.3 Å². The van der Waals surface area contributed by atoms with Gasteiger partial charge in [-0.05, 0) is 37.3 Å². The Morgan fingerprint density at radius 1 is 1.00 bits per heavy atom. The zero-order valence-corrected chi connectivity index (χ0v) is 19.1. The number of hydrogen-bond acceptors (Lipinski definition) is 8. The lowest BCUT2D eigenvalue weighted by Gasteiger charge is -2.34. The number of halogens is 1. The van der Waals surface area contributed by atoms with Crippen molar-refractivity contribution in [2.24, 2.45) is 0 Å². The molecule has 0 spiro atoms. The van der Waals surface area contributed by atoms with Crippen LogP contribution in [0.5, 0.6) is 11.5 Å². The summed E-state index contributed by atoms with van der Waals surface area (Å²) in [7, 11) is 1.66. The monoisotopic (exact) mass is 460 g/mol. The Labute approximate surface area is 187 Å². The molecule has 0 bridgehead atoms. The molecule has 156 valence electrons. The summed E-state index contributed by atoms with van der Waals surface area (Å²) in [6.07, 6.45) is 0. The highest BCUT2D eigenvalue weighted by atomic mass is 35.5. The second-order valence-electron chi connectivity index (χ2n) is 6.96. The molecule has 6 nitrogen and oxygen atoms in total. The fraction of sp³-hybridized carbons (Fsp3) is 0.333. The van der Waals surface area contributed by atoms with Crippen molar-refractivity contribution in [1.29, 1.82) is 0 Å². The second-order valence-corrected chi connectivity index (χ2v) is 9.35. The summed E-state index contributed by atoms with van der Waals surface area (Å²) >= 11 is 9.73. The second kappa shape index (κ2) is 8.09. The zero-order chi connectivity index (χ0) is 20.7. The number of anilines is 2. The van der Waals surface area contributed by atoms with Crippen LogP contribution in [0.2, 0.25) is 5.02 Å². The summed E-state index contributed by atoms with van der Waals surface area (Å²) in [6, 6.07) is 9.84. The van der Waals surface area contributed by atoms with Crippen molar-refractivity contribution in [3.8, 4) is 11.5 Å². The number of aromatic nitrogens is 2. The number of thiazole rings is 2. The van der Waals surface area contributed by atoms with Gasteiger partial charge < -0.3 is 19.3 Å². The van der Waals surface area contributed by atoms with Gasteiger partial charge in [-0.1, -0.05) is 34.3 Å². The van der Waals surface area contributed by atoms with Crippen molar-refractivity contribution < 1.29 is 9.47 Å². The molecule has 30 heavy (non-hydrogen) atoms. The Kier molecular flexibility index (Phi) is 5.30. The van der Waals surface area contributed by atoms with Crippen LogP contribution in [0, 0.1) is 0 Å². The van der Waals surface area contributed by atoms with Gasteiger partial charge in [0.15, 0.2) is 10.3 Å². The Morgan fingerprint density at radius 3 is 2.43 bits per heavy atom. The van der Waals surface area contributed by atoms with E-state index in [4.69, 9.17) is 31.0 Å². The topological polar surface area (TPSA) is 50.7 Å². The van der Waals surface area contributed by atoms with E-state index >= 15 is 0 Å². The Bertz CT molecular complexity index is 1200. The minimum atomic E-state index is 0.669. The van der Waals surface area contributed by atoms with E-state index in [-0.39, 0.29) is 0 Å². The number of methoxy groups -OCH3 is 1. The molecular weight excluding hydrogens is 440 g/mol. The molecule has 0 N–H and O–H groups in total. The molecule has 0 radical (unpaired) electrons. The quantitative estimate of drug-likeness (QED) is 0.403. The summed E-state index contributed by atoms with van der Waals surface area (Å²) in [5.74, 6) is 1.66. The van der Waals surface area contributed by atoms with Crippen molar-refractivity contribution in [3.05, 3.63) is 35.4 Å². The lowest BCUT2D eigenvalue weighted by atomic mass is 10.3. The van der Waals surface area contributed by atoms with Gasteiger partial charge in [-0.15, -0.1) is 0 Å². The minimum absolute atomic E-state index is 0.669. The van der Waals surface area contributed by atoms with Crippen molar-refractivity contribution in [2.75, 3.05) is 49.7 Å². The predicted molar refractivity (Wildman–Crippen MR) is 126 cm³/mol. The maximum absolute atomic E-state index is 6.38. The molecule has 1 aliphatic heterocycles. The number of benzene rings is 2. The highest BCUT2D eigenvalue weighted by Gasteiger charge is 2.23. The van der Waals surface area contributed by atoms with E-state index in [1.165, 1.54) is 0 Å². The summed E-state index contributed by atoms with van der Waals surface area (Å²) in [5, 5.41) is 2.77. The molecule has 2 aromatic heterocycles. The van der Waals surface area contributed by atoms with Crippen LogP contribution in [0.4, 0.5) is 10.3 Å². The molecule has 5 rings (SSSR count). The first-order chi connectivity index (χ1) is 14.7. The van der Waals surface area contributed by atoms with Crippen molar-refractivity contribution in [3.63, 3.8) is 0 Å². The molecular formula is C21H21ClN4O2S2. The smallest absolute Gasteiger partial charge is 0.186 e. The van der Waals surface area contributed by atoms with E-state index in [1.54, 1.807) is 29.8 Å². The Balaban J connectivity index is 1.33. The van der Waals surface area contributed by atoms with Crippen molar-refractivity contribution in [2.45, 2.75) is 6.92 Å². The number of nitrogens with zero attached hydrogens (tertiary/aromatic N) is 4. The lowest BCUT2D eigenvalue weighted by Crippen LogP contribution is -2.46. The van der Waals surface area contributed by atoms with Gasteiger partial charge >= 0.3 is 0 Å². The van der Waals surface area contributed by atoms with E-state index < -0.39 is 0 Å². The highest BCUT2D eigenvalue weighted by Crippen LogP contribution is 2.39.